The number of ether oxygens (including phenoxy) is 2. The lowest BCUT2D eigenvalue weighted by Crippen LogP contribution is -2.32. The van der Waals surface area contributed by atoms with Crippen molar-refractivity contribution in [1.82, 2.24) is 10.2 Å². The summed E-state index contributed by atoms with van der Waals surface area (Å²) in [5.41, 5.74) is 1.98. The van der Waals surface area contributed by atoms with Crippen molar-refractivity contribution in [3.05, 3.63) is 59.7 Å². The van der Waals surface area contributed by atoms with E-state index >= 15 is 0 Å². The quantitative estimate of drug-likeness (QED) is 0.815. The van der Waals surface area contributed by atoms with Crippen molar-refractivity contribution >= 4 is 11.8 Å². The van der Waals surface area contributed by atoms with Crippen LogP contribution in [-0.2, 0) is 22.7 Å². The van der Waals surface area contributed by atoms with Gasteiger partial charge in [0.2, 0.25) is 11.8 Å². The third-order valence-electron chi connectivity index (χ3n) is 4.72. The van der Waals surface area contributed by atoms with Crippen LogP contribution in [-0.4, -0.2) is 37.5 Å². The van der Waals surface area contributed by atoms with Gasteiger partial charge in [-0.1, -0.05) is 36.4 Å². The summed E-state index contributed by atoms with van der Waals surface area (Å²) >= 11 is 0. The van der Waals surface area contributed by atoms with Crippen LogP contribution >= 0.6 is 0 Å². The highest BCUT2D eigenvalue weighted by molar-refractivity contribution is 5.89. The molecule has 1 unspecified atom stereocenters. The SMILES string of the molecule is COc1ccc(CN2CC(C(=O)NCc3ccccc3)CC2=O)cc1OC. The Kier molecular flexibility index (Phi) is 5.96. The highest BCUT2D eigenvalue weighted by Crippen LogP contribution is 2.29. The van der Waals surface area contributed by atoms with Crippen molar-refractivity contribution in [1.29, 1.82) is 0 Å². The van der Waals surface area contributed by atoms with Crippen molar-refractivity contribution in [2.24, 2.45) is 5.92 Å². The number of nitrogens with one attached hydrogen (secondary N) is 1. The van der Waals surface area contributed by atoms with Crippen molar-refractivity contribution in [2.75, 3.05) is 20.8 Å². The smallest absolute Gasteiger partial charge is 0.225 e. The van der Waals surface area contributed by atoms with Crippen LogP contribution in [0.3, 0.4) is 0 Å². The van der Waals surface area contributed by atoms with E-state index in [2.05, 4.69) is 5.32 Å². The summed E-state index contributed by atoms with van der Waals surface area (Å²) in [5.74, 6) is 0.860. The molecule has 1 N–H and O–H groups in total. The van der Waals surface area contributed by atoms with Crippen LogP contribution in [0.1, 0.15) is 17.5 Å². The summed E-state index contributed by atoms with van der Waals surface area (Å²) in [7, 11) is 3.16. The van der Waals surface area contributed by atoms with E-state index in [0.29, 0.717) is 31.1 Å². The fraction of sp³-hybridized carbons (Fsp3) is 0.333. The van der Waals surface area contributed by atoms with Gasteiger partial charge in [-0.05, 0) is 23.3 Å². The molecule has 0 aliphatic carbocycles. The van der Waals surface area contributed by atoms with Gasteiger partial charge in [-0.25, -0.2) is 0 Å². The van der Waals surface area contributed by atoms with Gasteiger partial charge in [-0.15, -0.1) is 0 Å². The van der Waals surface area contributed by atoms with Crippen LogP contribution in [0.15, 0.2) is 48.5 Å². The Hall–Kier alpha value is -3.02. The van der Waals surface area contributed by atoms with Gasteiger partial charge in [0.25, 0.3) is 0 Å². The zero-order valence-corrected chi connectivity index (χ0v) is 15.6. The molecule has 2 aromatic rings. The number of hydrogen-bond donors (Lipinski definition) is 1. The van der Waals surface area contributed by atoms with E-state index in [0.717, 1.165) is 11.1 Å². The van der Waals surface area contributed by atoms with Gasteiger partial charge in [0.15, 0.2) is 11.5 Å². The monoisotopic (exact) mass is 368 g/mol. The highest BCUT2D eigenvalue weighted by atomic mass is 16.5. The highest BCUT2D eigenvalue weighted by Gasteiger charge is 2.34. The lowest BCUT2D eigenvalue weighted by atomic mass is 10.1. The van der Waals surface area contributed by atoms with E-state index in [1.165, 1.54) is 0 Å². The third kappa shape index (κ3) is 4.58. The average molecular weight is 368 g/mol. The van der Waals surface area contributed by atoms with Crippen LogP contribution in [0.25, 0.3) is 0 Å². The largest absolute Gasteiger partial charge is 0.493 e. The summed E-state index contributed by atoms with van der Waals surface area (Å²) in [6.45, 7) is 1.34. The predicted molar refractivity (Wildman–Crippen MR) is 101 cm³/mol. The summed E-state index contributed by atoms with van der Waals surface area (Å²) < 4.78 is 10.5. The molecule has 6 nitrogen and oxygen atoms in total. The summed E-state index contributed by atoms with van der Waals surface area (Å²) in [6.07, 6.45) is 0.244. The fourth-order valence-electron chi connectivity index (χ4n) is 3.23. The molecule has 2 amide bonds. The topological polar surface area (TPSA) is 67.9 Å². The van der Waals surface area contributed by atoms with E-state index in [9.17, 15) is 9.59 Å². The van der Waals surface area contributed by atoms with Crippen molar-refractivity contribution < 1.29 is 19.1 Å². The number of rotatable bonds is 7. The summed E-state index contributed by atoms with van der Waals surface area (Å²) in [5, 5.41) is 2.92. The molecule has 2 aromatic carbocycles. The Balaban J connectivity index is 1.58. The molecule has 0 aromatic heterocycles. The van der Waals surface area contributed by atoms with Gasteiger partial charge in [0, 0.05) is 26.1 Å². The molecule has 0 radical (unpaired) electrons. The van der Waals surface area contributed by atoms with Crippen LogP contribution in [0, 0.1) is 5.92 Å². The second kappa shape index (κ2) is 8.58. The molecule has 0 saturated carbocycles. The third-order valence-corrected chi connectivity index (χ3v) is 4.72. The van der Waals surface area contributed by atoms with Crippen LogP contribution in [0.4, 0.5) is 0 Å². The van der Waals surface area contributed by atoms with Gasteiger partial charge in [-0.2, -0.15) is 0 Å². The number of carbonyl (C=O) groups is 2. The zero-order valence-electron chi connectivity index (χ0n) is 15.6. The number of methoxy groups -OCH3 is 2. The Morgan fingerprint density at radius 3 is 2.52 bits per heavy atom. The lowest BCUT2D eigenvalue weighted by molar-refractivity contribution is -0.129. The molecule has 1 aliphatic rings. The minimum atomic E-state index is -0.318. The number of likely N-dealkylation sites (tertiary alicyclic amines) is 1. The number of carbonyl (C=O) groups excluding carboxylic acids is 2. The molecule has 6 heteroatoms. The Morgan fingerprint density at radius 1 is 1.07 bits per heavy atom. The van der Waals surface area contributed by atoms with Gasteiger partial charge in [0.05, 0.1) is 20.1 Å². The number of amides is 2. The van der Waals surface area contributed by atoms with Crippen molar-refractivity contribution in [2.45, 2.75) is 19.5 Å². The van der Waals surface area contributed by atoms with E-state index in [1.807, 2.05) is 48.5 Å². The molecule has 1 heterocycles. The maximum absolute atomic E-state index is 12.4. The van der Waals surface area contributed by atoms with E-state index in [1.54, 1.807) is 19.1 Å². The van der Waals surface area contributed by atoms with Gasteiger partial charge in [0.1, 0.15) is 0 Å². The fourth-order valence-corrected chi connectivity index (χ4v) is 3.23. The molecule has 3 rings (SSSR count). The minimum absolute atomic E-state index is 0.00959. The van der Waals surface area contributed by atoms with Crippen LogP contribution in [0.5, 0.6) is 11.5 Å². The Morgan fingerprint density at radius 2 is 1.81 bits per heavy atom. The van der Waals surface area contributed by atoms with E-state index < -0.39 is 0 Å². The van der Waals surface area contributed by atoms with Gasteiger partial charge >= 0.3 is 0 Å². The second-order valence-electron chi connectivity index (χ2n) is 6.57. The van der Waals surface area contributed by atoms with Crippen molar-refractivity contribution in [3.63, 3.8) is 0 Å². The molecule has 1 aliphatic heterocycles. The Labute approximate surface area is 159 Å². The Bertz CT molecular complexity index is 807. The molecule has 0 spiro atoms. The first-order chi connectivity index (χ1) is 13.1. The second-order valence-corrected chi connectivity index (χ2v) is 6.57. The molecule has 1 fully saturated rings. The van der Waals surface area contributed by atoms with E-state index in [-0.39, 0.29) is 24.2 Å². The lowest BCUT2D eigenvalue weighted by Gasteiger charge is -2.18. The van der Waals surface area contributed by atoms with Crippen LogP contribution < -0.4 is 14.8 Å². The van der Waals surface area contributed by atoms with Gasteiger partial charge in [-0.3, -0.25) is 9.59 Å². The molecule has 1 saturated heterocycles. The number of hydrogen-bond acceptors (Lipinski definition) is 4. The molecule has 27 heavy (non-hydrogen) atoms. The minimum Gasteiger partial charge on any atom is -0.493 e. The summed E-state index contributed by atoms with van der Waals surface area (Å²) in [4.78, 5) is 26.5. The van der Waals surface area contributed by atoms with Crippen molar-refractivity contribution in [3.8, 4) is 11.5 Å². The zero-order chi connectivity index (χ0) is 19.2. The van der Waals surface area contributed by atoms with E-state index in [4.69, 9.17) is 9.47 Å². The first-order valence-electron chi connectivity index (χ1n) is 8.91. The number of nitrogens with zero attached hydrogens (tertiary/aromatic N) is 1. The average Bonchev–Trinajstić information content (AvgIpc) is 3.07. The summed E-state index contributed by atoms with van der Waals surface area (Å²) in [6, 6.07) is 15.3. The first-order valence-corrected chi connectivity index (χ1v) is 8.91. The standard InChI is InChI=1S/C21H24N2O4/c1-26-18-9-8-16(10-19(18)27-2)13-23-14-17(11-20(23)24)21(25)22-12-15-6-4-3-5-7-15/h3-10,17H,11-14H2,1-2H3,(H,22,25). The predicted octanol–water partition coefficient (Wildman–Crippen LogP) is 2.37. The molecular weight excluding hydrogens is 344 g/mol. The first kappa shape index (κ1) is 18.8. The number of benzene rings is 2. The van der Waals surface area contributed by atoms with Crippen LogP contribution in [0.2, 0.25) is 0 Å². The molecule has 0 bridgehead atoms. The molecule has 1 atom stereocenters. The normalized spacial score (nSPS) is 16.3. The maximum Gasteiger partial charge on any atom is 0.225 e. The maximum atomic E-state index is 12.4. The molecular formula is C21H24N2O4. The van der Waals surface area contributed by atoms with Gasteiger partial charge < -0.3 is 19.7 Å². The molecule has 142 valence electrons.